The molecule has 33 heavy (non-hydrogen) atoms. The number of benzene rings is 1. The molecule has 3 aromatic rings. The molecule has 0 saturated carbocycles. The summed E-state index contributed by atoms with van der Waals surface area (Å²) in [4.78, 5) is 15.8. The van der Waals surface area contributed by atoms with Crippen molar-refractivity contribution in [1.29, 1.82) is 5.26 Å². The molecule has 2 aliphatic rings. The number of anilines is 3. The lowest BCUT2D eigenvalue weighted by Crippen LogP contribution is -2.26. The first-order valence-corrected chi connectivity index (χ1v) is 11.4. The van der Waals surface area contributed by atoms with Gasteiger partial charge in [-0.15, -0.1) is 0 Å². The molecule has 0 spiro atoms. The van der Waals surface area contributed by atoms with E-state index in [9.17, 15) is 5.26 Å². The predicted octanol–water partition coefficient (Wildman–Crippen LogP) is 4.31. The van der Waals surface area contributed by atoms with Crippen LogP contribution in [0.15, 0.2) is 48.8 Å². The molecule has 2 aliphatic heterocycles. The Balaban J connectivity index is 1.30. The number of rotatable bonds is 6. The lowest BCUT2D eigenvalue weighted by molar-refractivity contribution is 0.0254. The Labute approximate surface area is 193 Å². The van der Waals surface area contributed by atoms with Crippen molar-refractivity contribution < 1.29 is 9.47 Å². The van der Waals surface area contributed by atoms with Gasteiger partial charge in [-0.05, 0) is 49.2 Å². The maximum absolute atomic E-state index is 9.66. The van der Waals surface area contributed by atoms with Gasteiger partial charge in [0, 0.05) is 37.7 Å². The monoisotopic (exact) mass is 442 g/mol. The standard InChI is InChI=1S/C25H26N6O2/c26-16-19-15-18(3-5-23(19)33-21-8-13-32-14-9-21)22-7-10-27-25(30-22)29-20-4-6-24(28-17-20)31-11-1-2-12-31/h3-7,10,15,17,21H,1-2,8-9,11-14H2,(H,27,29,30). The smallest absolute Gasteiger partial charge is 0.227 e. The maximum atomic E-state index is 9.66. The second-order valence-electron chi connectivity index (χ2n) is 8.24. The van der Waals surface area contributed by atoms with Gasteiger partial charge in [-0.2, -0.15) is 5.26 Å². The minimum absolute atomic E-state index is 0.0806. The molecule has 168 valence electrons. The van der Waals surface area contributed by atoms with E-state index in [1.807, 2.05) is 36.4 Å². The van der Waals surface area contributed by atoms with E-state index in [2.05, 4.69) is 31.2 Å². The molecule has 0 amide bonds. The second kappa shape index (κ2) is 9.84. The average molecular weight is 443 g/mol. The number of nitrogens with one attached hydrogen (secondary N) is 1. The lowest BCUT2D eigenvalue weighted by Gasteiger charge is -2.23. The van der Waals surface area contributed by atoms with Crippen LogP contribution in [0.3, 0.4) is 0 Å². The molecule has 1 aromatic carbocycles. The fourth-order valence-electron chi connectivity index (χ4n) is 4.15. The SMILES string of the molecule is N#Cc1cc(-c2ccnc(Nc3ccc(N4CCCC4)nc3)n2)ccc1OC1CCOCC1. The third kappa shape index (κ3) is 5.04. The van der Waals surface area contributed by atoms with Crippen LogP contribution in [0.25, 0.3) is 11.3 Å². The van der Waals surface area contributed by atoms with Gasteiger partial charge in [-0.3, -0.25) is 0 Å². The fraction of sp³-hybridized carbons (Fsp3) is 0.360. The van der Waals surface area contributed by atoms with Gasteiger partial charge < -0.3 is 19.7 Å². The molecule has 0 bridgehead atoms. The van der Waals surface area contributed by atoms with E-state index in [1.54, 1.807) is 12.4 Å². The summed E-state index contributed by atoms with van der Waals surface area (Å²) in [5, 5.41) is 12.9. The van der Waals surface area contributed by atoms with Crippen LogP contribution in [-0.4, -0.2) is 47.4 Å². The predicted molar refractivity (Wildman–Crippen MR) is 126 cm³/mol. The molecule has 0 atom stereocenters. The Morgan fingerprint density at radius 3 is 2.67 bits per heavy atom. The molecule has 0 aliphatic carbocycles. The molecule has 5 rings (SSSR count). The van der Waals surface area contributed by atoms with E-state index in [0.717, 1.165) is 48.7 Å². The first-order chi connectivity index (χ1) is 16.3. The molecule has 1 N–H and O–H groups in total. The van der Waals surface area contributed by atoms with Crippen LogP contribution in [0.5, 0.6) is 5.75 Å². The van der Waals surface area contributed by atoms with Gasteiger partial charge in [0.15, 0.2) is 0 Å². The van der Waals surface area contributed by atoms with Crippen LogP contribution >= 0.6 is 0 Å². The minimum Gasteiger partial charge on any atom is -0.489 e. The maximum Gasteiger partial charge on any atom is 0.227 e. The highest BCUT2D eigenvalue weighted by molar-refractivity contribution is 5.66. The molecule has 0 unspecified atom stereocenters. The highest BCUT2D eigenvalue weighted by Gasteiger charge is 2.18. The van der Waals surface area contributed by atoms with Gasteiger partial charge in [0.1, 0.15) is 23.7 Å². The van der Waals surface area contributed by atoms with Crippen LogP contribution in [-0.2, 0) is 4.74 Å². The summed E-state index contributed by atoms with van der Waals surface area (Å²) in [5.41, 5.74) is 2.88. The fourth-order valence-corrected chi connectivity index (χ4v) is 4.15. The molecular formula is C25H26N6O2. The summed E-state index contributed by atoms with van der Waals surface area (Å²) in [6, 6.07) is 13.7. The van der Waals surface area contributed by atoms with E-state index in [4.69, 9.17) is 9.47 Å². The molecule has 8 heteroatoms. The highest BCUT2D eigenvalue weighted by atomic mass is 16.5. The molecule has 2 aromatic heterocycles. The van der Waals surface area contributed by atoms with E-state index in [1.165, 1.54) is 12.8 Å². The largest absolute Gasteiger partial charge is 0.489 e. The molecule has 4 heterocycles. The molecular weight excluding hydrogens is 416 g/mol. The Kier molecular flexibility index (Phi) is 6.31. The third-order valence-corrected chi connectivity index (χ3v) is 5.95. The number of aromatic nitrogens is 3. The van der Waals surface area contributed by atoms with Gasteiger partial charge >= 0.3 is 0 Å². The second-order valence-corrected chi connectivity index (χ2v) is 8.24. The lowest BCUT2D eigenvalue weighted by atomic mass is 10.1. The van der Waals surface area contributed by atoms with E-state index < -0.39 is 0 Å². The summed E-state index contributed by atoms with van der Waals surface area (Å²) in [6.45, 7) is 3.51. The van der Waals surface area contributed by atoms with Crippen LogP contribution < -0.4 is 15.0 Å². The topological polar surface area (TPSA) is 96.2 Å². The minimum atomic E-state index is 0.0806. The summed E-state index contributed by atoms with van der Waals surface area (Å²) in [5.74, 6) is 2.08. The zero-order chi connectivity index (χ0) is 22.5. The normalized spacial score (nSPS) is 16.4. The van der Waals surface area contributed by atoms with Crippen LogP contribution in [0.2, 0.25) is 0 Å². The number of nitriles is 1. The van der Waals surface area contributed by atoms with Crippen molar-refractivity contribution in [1.82, 2.24) is 15.0 Å². The first-order valence-electron chi connectivity index (χ1n) is 11.4. The molecule has 2 fully saturated rings. The number of pyridine rings is 1. The Hall–Kier alpha value is -3.70. The van der Waals surface area contributed by atoms with Gasteiger partial charge in [-0.1, -0.05) is 0 Å². The highest BCUT2D eigenvalue weighted by Crippen LogP contribution is 2.28. The zero-order valence-electron chi connectivity index (χ0n) is 18.4. The van der Waals surface area contributed by atoms with Crippen molar-refractivity contribution in [2.75, 3.05) is 36.5 Å². The van der Waals surface area contributed by atoms with E-state index in [0.29, 0.717) is 30.5 Å². The first kappa shape index (κ1) is 21.2. The van der Waals surface area contributed by atoms with Crippen molar-refractivity contribution in [3.8, 4) is 23.1 Å². The molecule has 2 saturated heterocycles. The zero-order valence-corrected chi connectivity index (χ0v) is 18.4. The summed E-state index contributed by atoms with van der Waals surface area (Å²) >= 11 is 0. The number of hydrogen-bond acceptors (Lipinski definition) is 8. The van der Waals surface area contributed by atoms with Crippen molar-refractivity contribution >= 4 is 17.5 Å². The van der Waals surface area contributed by atoms with Gasteiger partial charge in [0.05, 0.1) is 36.4 Å². The quantitative estimate of drug-likeness (QED) is 0.603. The Bertz CT molecular complexity index is 1130. The van der Waals surface area contributed by atoms with Crippen molar-refractivity contribution in [2.24, 2.45) is 0 Å². The van der Waals surface area contributed by atoms with E-state index in [-0.39, 0.29) is 6.10 Å². The van der Waals surface area contributed by atoms with Crippen LogP contribution in [0.1, 0.15) is 31.2 Å². The van der Waals surface area contributed by atoms with Gasteiger partial charge in [0.25, 0.3) is 0 Å². The number of hydrogen-bond donors (Lipinski definition) is 1. The van der Waals surface area contributed by atoms with Crippen molar-refractivity contribution in [3.05, 3.63) is 54.4 Å². The van der Waals surface area contributed by atoms with E-state index >= 15 is 0 Å². The van der Waals surface area contributed by atoms with Crippen LogP contribution in [0, 0.1) is 11.3 Å². The van der Waals surface area contributed by atoms with Crippen molar-refractivity contribution in [2.45, 2.75) is 31.8 Å². The van der Waals surface area contributed by atoms with Crippen LogP contribution in [0.4, 0.5) is 17.5 Å². The van der Waals surface area contributed by atoms with Crippen molar-refractivity contribution in [3.63, 3.8) is 0 Å². The van der Waals surface area contributed by atoms with Gasteiger partial charge in [0.2, 0.25) is 5.95 Å². The summed E-state index contributed by atoms with van der Waals surface area (Å²) < 4.78 is 11.4. The Morgan fingerprint density at radius 1 is 1.06 bits per heavy atom. The number of ether oxygens (including phenoxy) is 2. The van der Waals surface area contributed by atoms with Gasteiger partial charge in [-0.25, -0.2) is 15.0 Å². The summed E-state index contributed by atoms with van der Waals surface area (Å²) in [7, 11) is 0. The third-order valence-electron chi connectivity index (χ3n) is 5.95. The Morgan fingerprint density at radius 2 is 1.91 bits per heavy atom. The molecule has 8 nitrogen and oxygen atoms in total. The summed E-state index contributed by atoms with van der Waals surface area (Å²) in [6.07, 6.45) is 7.70. The molecule has 0 radical (unpaired) electrons. The number of nitrogens with zero attached hydrogens (tertiary/aromatic N) is 5. The average Bonchev–Trinajstić information content (AvgIpc) is 3.41.